The molecule has 0 aromatic heterocycles. The highest BCUT2D eigenvalue weighted by Gasteiger charge is 1.99. The van der Waals surface area contributed by atoms with Gasteiger partial charge in [-0.05, 0) is 43.5 Å². The summed E-state index contributed by atoms with van der Waals surface area (Å²) in [5, 5.41) is 7.04. The van der Waals surface area contributed by atoms with Crippen LogP contribution in [0.2, 0.25) is 0 Å². The van der Waals surface area contributed by atoms with E-state index in [2.05, 4.69) is 0 Å². The van der Waals surface area contributed by atoms with Gasteiger partial charge in [-0.25, -0.2) is 4.39 Å². The number of ether oxygens (including phenoxy) is 1. The highest BCUT2D eigenvalue weighted by Crippen LogP contribution is 2.16. The van der Waals surface area contributed by atoms with Crippen molar-refractivity contribution in [3.63, 3.8) is 0 Å². The molecule has 3 nitrogen and oxygen atoms in total. The van der Waals surface area contributed by atoms with E-state index in [1.807, 2.05) is 0 Å². The Morgan fingerprint density at radius 3 is 2.81 bits per heavy atom. The van der Waals surface area contributed by atoms with E-state index < -0.39 is 0 Å². The van der Waals surface area contributed by atoms with Crippen LogP contribution < -0.4 is 10.5 Å². The Kier molecular flexibility index (Phi) is 4.76. The molecule has 0 aliphatic rings. The predicted molar refractivity (Wildman–Crippen MR) is 62.4 cm³/mol. The molecule has 1 aromatic rings. The lowest BCUT2D eigenvalue weighted by molar-refractivity contribution is 0.307. The number of nitrogens with one attached hydrogen (secondary N) is 1. The second-order valence-electron chi connectivity index (χ2n) is 3.74. The van der Waals surface area contributed by atoms with Crippen LogP contribution >= 0.6 is 0 Å². The Hall–Kier alpha value is -1.58. The minimum Gasteiger partial charge on any atom is -0.494 e. The lowest BCUT2D eigenvalue weighted by atomic mass is 10.2. The number of benzene rings is 1. The highest BCUT2D eigenvalue weighted by molar-refractivity contribution is 5.76. The zero-order valence-corrected chi connectivity index (χ0v) is 9.42. The summed E-state index contributed by atoms with van der Waals surface area (Å²) in [5.41, 5.74) is 5.81. The van der Waals surface area contributed by atoms with Crippen molar-refractivity contribution < 1.29 is 9.13 Å². The van der Waals surface area contributed by atoms with E-state index in [-0.39, 0.29) is 11.7 Å². The van der Waals surface area contributed by atoms with Crippen LogP contribution in [0.3, 0.4) is 0 Å². The van der Waals surface area contributed by atoms with E-state index in [4.69, 9.17) is 15.9 Å². The van der Waals surface area contributed by atoms with Gasteiger partial charge in [0, 0.05) is 6.42 Å². The average Bonchev–Trinajstić information content (AvgIpc) is 2.22. The number of aryl methyl sites for hydroxylation is 1. The number of nitrogens with two attached hydrogens (primary N) is 1. The van der Waals surface area contributed by atoms with Gasteiger partial charge in [0.2, 0.25) is 0 Å². The van der Waals surface area contributed by atoms with Crippen molar-refractivity contribution in [2.45, 2.75) is 26.2 Å². The minimum atomic E-state index is -0.219. The van der Waals surface area contributed by atoms with Gasteiger partial charge < -0.3 is 10.5 Å². The van der Waals surface area contributed by atoms with Crippen LogP contribution in [-0.2, 0) is 0 Å². The fourth-order valence-electron chi connectivity index (χ4n) is 1.31. The van der Waals surface area contributed by atoms with Crippen LogP contribution in [0, 0.1) is 18.2 Å². The molecule has 3 N–H and O–H groups in total. The lowest BCUT2D eigenvalue weighted by Crippen LogP contribution is -2.09. The van der Waals surface area contributed by atoms with Gasteiger partial charge >= 0.3 is 0 Å². The van der Waals surface area contributed by atoms with Crippen LogP contribution in [0.1, 0.15) is 24.8 Å². The van der Waals surface area contributed by atoms with E-state index in [0.717, 1.165) is 12.8 Å². The minimum absolute atomic E-state index is 0.206. The topological polar surface area (TPSA) is 59.1 Å². The molecule has 1 rings (SSSR count). The van der Waals surface area contributed by atoms with Gasteiger partial charge in [-0.15, -0.1) is 0 Å². The number of amidine groups is 1. The van der Waals surface area contributed by atoms with Gasteiger partial charge in [-0.2, -0.15) is 0 Å². The summed E-state index contributed by atoms with van der Waals surface area (Å²) in [6.45, 7) is 2.27. The average molecular weight is 224 g/mol. The monoisotopic (exact) mass is 224 g/mol. The van der Waals surface area contributed by atoms with Gasteiger partial charge in [-0.1, -0.05) is 0 Å². The Balaban J connectivity index is 2.27. The Morgan fingerprint density at radius 2 is 2.19 bits per heavy atom. The van der Waals surface area contributed by atoms with E-state index in [1.54, 1.807) is 19.1 Å². The van der Waals surface area contributed by atoms with Crippen LogP contribution in [0.5, 0.6) is 5.75 Å². The van der Waals surface area contributed by atoms with E-state index in [1.165, 1.54) is 6.07 Å². The molecule has 0 heterocycles. The fraction of sp³-hybridized carbons (Fsp3) is 0.417. The zero-order chi connectivity index (χ0) is 12.0. The van der Waals surface area contributed by atoms with Gasteiger partial charge in [-0.3, -0.25) is 5.41 Å². The van der Waals surface area contributed by atoms with Crippen molar-refractivity contribution in [1.29, 1.82) is 5.41 Å². The van der Waals surface area contributed by atoms with E-state index in [9.17, 15) is 4.39 Å². The molecule has 0 amide bonds. The number of rotatable bonds is 6. The van der Waals surface area contributed by atoms with E-state index in [0.29, 0.717) is 24.3 Å². The molecule has 0 aliphatic heterocycles. The van der Waals surface area contributed by atoms with Gasteiger partial charge in [0.25, 0.3) is 0 Å². The molecular weight excluding hydrogens is 207 g/mol. The van der Waals surface area contributed by atoms with Gasteiger partial charge in [0.15, 0.2) is 0 Å². The summed E-state index contributed by atoms with van der Waals surface area (Å²) in [5.74, 6) is 0.670. The molecule has 0 fully saturated rings. The van der Waals surface area contributed by atoms with Crippen molar-refractivity contribution >= 4 is 5.84 Å². The first-order valence-corrected chi connectivity index (χ1v) is 5.31. The number of hydrogen-bond acceptors (Lipinski definition) is 2. The summed E-state index contributed by atoms with van der Waals surface area (Å²) in [6.07, 6.45) is 2.29. The third-order valence-electron chi connectivity index (χ3n) is 2.24. The Labute approximate surface area is 94.9 Å². The Bertz CT molecular complexity index is 366. The van der Waals surface area contributed by atoms with Crippen molar-refractivity contribution in [3.05, 3.63) is 29.6 Å². The predicted octanol–water partition coefficient (Wildman–Crippen LogP) is 2.62. The van der Waals surface area contributed by atoms with Crippen LogP contribution in [0.15, 0.2) is 18.2 Å². The second-order valence-corrected chi connectivity index (χ2v) is 3.74. The maximum Gasteiger partial charge on any atom is 0.126 e. The maximum atomic E-state index is 12.9. The fourth-order valence-corrected chi connectivity index (χ4v) is 1.31. The number of hydrogen-bond donors (Lipinski definition) is 2. The number of halogens is 1. The molecule has 0 saturated heterocycles. The van der Waals surface area contributed by atoms with Crippen LogP contribution in [0.25, 0.3) is 0 Å². The maximum absolute atomic E-state index is 12.9. The zero-order valence-electron chi connectivity index (χ0n) is 9.42. The smallest absolute Gasteiger partial charge is 0.126 e. The Morgan fingerprint density at radius 1 is 1.44 bits per heavy atom. The third kappa shape index (κ3) is 4.29. The largest absolute Gasteiger partial charge is 0.494 e. The SMILES string of the molecule is Cc1cc(OCCCCC(=N)N)ccc1F. The molecule has 1 aromatic carbocycles. The molecule has 0 atom stereocenters. The summed E-state index contributed by atoms with van der Waals surface area (Å²) in [7, 11) is 0. The highest BCUT2D eigenvalue weighted by atomic mass is 19.1. The molecule has 0 saturated carbocycles. The summed E-state index contributed by atoms with van der Waals surface area (Å²) >= 11 is 0. The van der Waals surface area contributed by atoms with E-state index >= 15 is 0 Å². The quantitative estimate of drug-likeness (QED) is 0.443. The molecule has 4 heteroatoms. The summed E-state index contributed by atoms with van der Waals surface area (Å²) in [6, 6.07) is 4.70. The summed E-state index contributed by atoms with van der Waals surface area (Å²) < 4.78 is 18.4. The van der Waals surface area contributed by atoms with Gasteiger partial charge in [0.1, 0.15) is 11.6 Å². The second kappa shape index (κ2) is 6.10. The molecule has 0 unspecified atom stereocenters. The van der Waals surface area contributed by atoms with Crippen LogP contribution in [0.4, 0.5) is 4.39 Å². The molecule has 88 valence electrons. The molecular formula is C12H17FN2O. The standard InChI is InChI=1S/C12H17FN2O/c1-9-8-10(5-6-11(9)13)16-7-3-2-4-12(14)15/h5-6,8H,2-4,7H2,1H3,(H3,14,15). The first-order chi connectivity index (χ1) is 7.59. The van der Waals surface area contributed by atoms with Crippen LogP contribution in [-0.4, -0.2) is 12.4 Å². The molecule has 0 radical (unpaired) electrons. The van der Waals surface area contributed by atoms with Crippen molar-refractivity contribution in [1.82, 2.24) is 0 Å². The molecule has 0 spiro atoms. The van der Waals surface area contributed by atoms with Crippen molar-refractivity contribution in [2.24, 2.45) is 5.73 Å². The normalized spacial score (nSPS) is 10.1. The lowest BCUT2D eigenvalue weighted by Gasteiger charge is -2.06. The molecule has 0 bridgehead atoms. The van der Waals surface area contributed by atoms with Crippen molar-refractivity contribution in [2.75, 3.05) is 6.61 Å². The van der Waals surface area contributed by atoms with Gasteiger partial charge in [0.05, 0.1) is 12.4 Å². The molecule has 16 heavy (non-hydrogen) atoms. The third-order valence-corrected chi connectivity index (χ3v) is 2.24. The molecule has 0 aliphatic carbocycles. The first-order valence-electron chi connectivity index (χ1n) is 5.31. The summed E-state index contributed by atoms with van der Waals surface area (Å²) in [4.78, 5) is 0. The number of unbranched alkanes of at least 4 members (excludes halogenated alkanes) is 1. The van der Waals surface area contributed by atoms with Crippen molar-refractivity contribution in [3.8, 4) is 5.75 Å². The first kappa shape index (κ1) is 12.5.